The first-order chi connectivity index (χ1) is 13.3. The van der Waals surface area contributed by atoms with Crippen LogP contribution in [0.15, 0.2) is 61.1 Å². The monoisotopic (exact) mass is 362 g/mol. The zero-order valence-electron chi connectivity index (χ0n) is 14.5. The molecule has 2 aromatic heterocycles. The average Bonchev–Trinajstić information content (AvgIpc) is 3.36. The van der Waals surface area contributed by atoms with Crippen LogP contribution in [0.3, 0.4) is 0 Å². The number of carbonyl (C=O) groups excluding carboxylic acids is 1. The Kier molecular flexibility index (Phi) is 3.71. The van der Waals surface area contributed by atoms with Gasteiger partial charge in [0.15, 0.2) is 11.5 Å². The molecule has 0 saturated heterocycles. The van der Waals surface area contributed by atoms with Crippen molar-refractivity contribution < 1.29 is 14.3 Å². The number of benzene rings is 1. The van der Waals surface area contributed by atoms with Crippen molar-refractivity contribution in [1.82, 2.24) is 14.5 Å². The molecule has 1 unspecified atom stereocenters. The van der Waals surface area contributed by atoms with Gasteiger partial charge in [0.1, 0.15) is 0 Å². The fourth-order valence-electron chi connectivity index (χ4n) is 3.67. The van der Waals surface area contributed by atoms with Gasteiger partial charge in [0.2, 0.25) is 6.79 Å². The number of aromatic nitrogens is 2. The molecule has 3 aromatic rings. The fraction of sp³-hybridized carbons (Fsp3) is 0.200. The van der Waals surface area contributed by atoms with Gasteiger partial charge >= 0.3 is 6.03 Å². The van der Waals surface area contributed by atoms with Gasteiger partial charge in [0, 0.05) is 49.1 Å². The zero-order valence-corrected chi connectivity index (χ0v) is 14.5. The smallest absolute Gasteiger partial charge is 0.322 e. The van der Waals surface area contributed by atoms with Crippen molar-refractivity contribution in [3.05, 3.63) is 72.3 Å². The fourth-order valence-corrected chi connectivity index (χ4v) is 3.67. The molecule has 1 atom stereocenters. The maximum absolute atomic E-state index is 13.1. The Labute approximate surface area is 156 Å². The molecule has 0 fully saturated rings. The van der Waals surface area contributed by atoms with Crippen molar-refractivity contribution in [2.45, 2.75) is 12.6 Å². The highest BCUT2D eigenvalue weighted by atomic mass is 16.7. The van der Waals surface area contributed by atoms with Crippen molar-refractivity contribution in [2.24, 2.45) is 0 Å². The maximum Gasteiger partial charge on any atom is 0.322 e. The first-order valence-corrected chi connectivity index (χ1v) is 8.82. The Morgan fingerprint density at radius 2 is 1.93 bits per heavy atom. The van der Waals surface area contributed by atoms with Crippen LogP contribution in [0.2, 0.25) is 0 Å². The summed E-state index contributed by atoms with van der Waals surface area (Å²) in [4.78, 5) is 19.1. The first-order valence-electron chi connectivity index (χ1n) is 8.82. The second-order valence-electron chi connectivity index (χ2n) is 6.50. The number of urea groups is 1. The predicted molar refractivity (Wildman–Crippen MR) is 98.8 cm³/mol. The second kappa shape index (κ2) is 6.35. The van der Waals surface area contributed by atoms with Crippen LogP contribution >= 0.6 is 0 Å². The van der Waals surface area contributed by atoms with Gasteiger partial charge in [0.25, 0.3) is 0 Å². The molecule has 7 heteroatoms. The summed E-state index contributed by atoms with van der Waals surface area (Å²) in [6.45, 7) is 1.59. The minimum atomic E-state index is -0.161. The molecule has 4 heterocycles. The molecule has 7 nitrogen and oxygen atoms in total. The van der Waals surface area contributed by atoms with E-state index in [-0.39, 0.29) is 18.9 Å². The van der Waals surface area contributed by atoms with Gasteiger partial charge in [-0.1, -0.05) is 0 Å². The molecule has 27 heavy (non-hydrogen) atoms. The molecule has 0 spiro atoms. The van der Waals surface area contributed by atoms with E-state index in [4.69, 9.17) is 9.47 Å². The number of rotatable bonds is 2. The van der Waals surface area contributed by atoms with Crippen LogP contribution in [-0.2, 0) is 6.54 Å². The number of ether oxygens (including phenoxy) is 2. The van der Waals surface area contributed by atoms with E-state index in [0.29, 0.717) is 23.7 Å². The highest BCUT2D eigenvalue weighted by molar-refractivity contribution is 5.90. The molecule has 2 aliphatic rings. The Morgan fingerprint density at radius 1 is 1.07 bits per heavy atom. The molecule has 2 aliphatic heterocycles. The molecular formula is C20H18N4O3. The lowest BCUT2D eigenvalue weighted by atomic mass is 10.0. The number of carbonyl (C=O) groups is 1. The van der Waals surface area contributed by atoms with Gasteiger partial charge in [0.05, 0.1) is 6.04 Å². The van der Waals surface area contributed by atoms with E-state index in [1.165, 1.54) is 0 Å². The number of hydrogen-bond acceptors (Lipinski definition) is 4. The van der Waals surface area contributed by atoms with Gasteiger partial charge < -0.3 is 24.3 Å². The Hall–Kier alpha value is -3.48. The van der Waals surface area contributed by atoms with Crippen LogP contribution in [0.1, 0.15) is 17.3 Å². The van der Waals surface area contributed by atoms with Gasteiger partial charge in [-0.25, -0.2) is 4.79 Å². The molecule has 1 aromatic carbocycles. The maximum atomic E-state index is 13.1. The first kappa shape index (κ1) is 15.7. The van der Waals surface area contributed by atoms with Gasteiger partial charge in [-0.3, -0.25) is 4.98 Å². The van der Waals surface area contributed by atoms with Crippen molar-refractivity contribution >= 4 is 11.7 Å². The average molecular weight is 362 g/mol. The normalized spacial score (nSPS) is 17.5. The van der Waals surface area contributed by atoms with Crippen molar-refractivity contribution in [3.8, 4) is 11.5 Å². The third-order valence-electron chi connectivity index (χ3n) is 4.94. The number of nitrogens with zero attached hydrogens (tertiary/aromatic N) is 3. The quantitative estimate of drug-likeness (QED) is 0.760. The van der Waals surface area contributed by atoms with Crippen LogP contribution in [0.5, 0.6) is 11.5 Å². The van der Waals surface area contributed by atoms with Gasteiger partial charge in [-0.15, -0.1) is 0 Å². The standard InChI is InChI=1S/C20H18N4O3/c25-20(22-15-3-4-17-18(12-15)27-13-26-17)24-11-10-23-9-1-2-16(23)19(24)14-5-7-21-8-6-14/h1-9,12,19H,10-11,13H2,(H,22,25). The van der Waals surface area contributed by atoms with Gasteiger partial charge in [-0.05, 0) is 42.0 Å². The van der Waals surface area contributed by atoms with E-state index in [2.05, 4.69) is 27.1 Å². The van der Waals surface area contributed by atoms with Crippen molar-refractivity contribution in [3.63, 3.8) is 0 Å². The molecular weight excluding hydrogens is 344 g/mol. The summed E-state index contributed by atoms with van der Waals surface area (Å²) in [5.74, 6) is 1.34. The van der Waals surface area contributed by atoms with Crippen molar-refractivity contribution in [2.75, 3.05) is 18.7 Å². The molecule has 136 valence electrons. The molecule has 0 saturated carbocycles. The van der Waals surface area contributed by atoms with Crippen molar-refractivity contribution in [1.29, 1.82) is 0 Å². The topological polar surface area (TPSA) is 68.6 Å². The van der Waals surface area contributed by atoms with E-state index in [0.717, 1.165) is 17.8 Å². The Balaban J connectivity index is 1.45. The molecule has 2 amide bonds. The van der Waals surface area contributed by atoms with Gasteiger partial charge in [-0.2, -0.15) is 0 Å². The lowest BCUT2D eigenvalue weighted by molar-refractivity contribution is 0.174. The summed E-state index contributed by atoms with van der Waals surface area (Å²) in [6, 6.07) is 13.1. The van der Waals surface area contributed by atoms with E-state index in [1.54, 1.807) is 24.5 Å². The Bertz CT molecular complexity index is 986. The van der Waals surface area contributed by atoms with Crippen LogP contribution in [0, 0.1) is 0 Å². The van der Waals surface area contributed by atoms with Crippen LogP contribution in [-0.4, -0.2) is 33.8 Å². The van der Waals surface area contributed by atoms with E-state index >= 15 is 0 Å². The number of fused-ring (bicyclic) bond motifs is 2. The number of hydrogen-bond donors (Lipinski definition) is 1. The highest BCUT2D eigenvalue weighted by Gasteiger charge is 2.32. The third kappa shape index (κ3) is 2.77. The van der Waals surface area contributed by atoms with E-state index in [1.807, 2.05) is 29.2 Å². The molecule has 0 aliphatic carbocycles. The summed E-state index contributed by atoms with van der Waals surface area (Å²) in [5.41, 5.74) is 2.80. The van der Waals surface area contributed by atoms with Crippen LogP contribution < -0.4 is 14.8 Å². The number of nitrogens with one attached hydrogen (secondary N) is 1. The Morgan fingerprint density at radius 3 is 2.81 bits per heavy atom. The summed E-state index contributed by atoms with van der Waals surface area (Å²) in [5, 5.41) is 2.99. The number of anilines is 1. The molecule has 0 bridgehead atoms. The highest BCUT2D eigenvalue weighted by Crippen LogP contribution is 2.35. The minimum absolute atomic E-state index is 0.150. The van der Waals surface area contributed by atoms with E-state index < -0.39 is 0 Å². The van der Waals surface area contributed by atoms with Crippen LogP contribution in [0.4, 0.5) is 10.5 Å². The molecule has 1 N–H and O–H groups in total. The largest absolute Gasteiger partial charge is 0.454 e. The lowest BCUT2D eigenvalue weighted by Gasteiger charge is -2.37. The lowest BCUT2D eigenvalue weighted by Crippen LogP contribution is -2.44. The summed E-state index contributed by atoms with van der Waals surface area (Å²) in [7, 11) is 0. The number of pyridine rings is 1. The third-order valence-corrected chi connectivity index (χ3v) is 4.94. The summed E-state index contributed by atoms with van der Waals surface area (Å²) >= 11 is 0. The molecule has 0 radical (unpaired) electrons. The van der Waals surface area contributed by atoms with E-state index in [9.17, 15) is 4.79 Å². The van der Waals surface area contributed by atoms with Crippen LogP contribution in [0.25, 0.3) is 0 Å². The zero-order chi connectivity index (χ0) is 18.2. The molecule has 5 rings (SSSR count). The summed E-state index contributed by atoms with van der Waals surface area (Å²) < 4.78 is 12.9. The summed E-state index contributed by atoms with van der Waals surface area (Å²) in [6.07, 6.45) is 5.56. The predicted octanol–water partition coefficient (Wildman–Crippen LogP) is 3.25. The SMILES string of the molecule is O=C(Nc1ccc2c(c1)OCO2)N1CCn2cccc2C1c1ccncc1. The number of amides is 2. The second-order valence-corrected chi connectivity index (χ2v) is 6.50. The minimum Gasteiger partial charge on any atom is -0.454 e.